The van der Waals surface area contributed by atoms with Crippen molar-refractivity contribution in [3.05, 3.63) is 47.4 Å². The van der Waals surface area contributed by atoms with Crippen molar-refractivity contribution >= 4 is 22.8 Å². The number of nitrogens with zero attached hydrogens (tertiary/aromatic N) is 4. The highest BCUT2D eigenvalue weighted by molar-refractivity contribution is 6.33. The van der Waals surface area contributed by atoms with E-state index in [4.69, 9.17) is 11.6 Å². The van der Waals surface area contributed by atoms with E-state index in [1.165, 1.54) is 6.33 Å². The molecule has 3 heterocycles. The van der Waals surface area contributed by atoms with Crippen LogP contribution in [0.3, 0.4) is 0 Å². The van der Waals surface area contributed by atoms with E-state index in [9.17, 15) is 0 Å². The van der Waals surface area contributed by atoms with Crippen LogP contribution in [0.25, 0.3) is 11.2 Å². The first-order chi connectivity index (χ1) is 8.33. The third-order valence-electron chi connectivity index (χ3n) is 2.41. The lowest BCUT2D eigenvalue weighted by Gasteiger charge is -1.95. The summed E-state index contributed by atoms with van der Waals surface area (Å²) in [6.07, 6.45) is 5.60. The molecule has 0 unspecified atom stereocenters. The maximum Gasteiger partial charge on any atom is 0.182 e. The molecule has 5 nitrogen and oxygen atoms in total. The lowest BCUT2D eigenvalue weighted by atomic mass is 10.2. The molecule has 0 spiro atoms. The molecule has 17 heavy (non-hydrogen) atoms. The van der Waals surface area contributed by atoms with Crippen LogP contribution in [0.2, 0.25) is 5.15 Å². The molecule has 3 aromatic rings. The third-order valence-corrected chi connectivity index (χ3v) is 2.70. The summed E-state index contributed by atoms with van der Waals surface area (Å²) in [5.41, 5.74) is 2.40. The predicted molar refractivity (Wildman–Crippen MR) is 63.7 cm³/mol. The second-order valence-electron chi connectivity index (χ2n) is 3.58. The van der Waals surface area contributed by atoms with Crippen LogP contribution in [0.1, 0.15) is 11.4 Å². The van der Waals surface area contributed by atoms with E-state index >= 15 is 0 Å². The summed E-state index contributed by atoms with van der Waals surface area (Å²) < 4.78 is 0. The highest BCUT2D eigenvalue weighted by Gasteiger charge is 2.08. The number of aromatic nitrogens is 5. The van der Waals surface area contributed by atoms with Crippen molar-refractivity contribution in [2.45, 2.75) is 6.42 Å². The van der Waals surface area contributed by atoms with Gasteiger partial charge in [-0.05, 0) is 17.7 Å². The number of nitrogens with one attached hydrogen (secondary N) is 1. The zero-order valence-electron chi connectivity index (χ0n) is 8.76. The molecule has 0 bridgehead atoms. The van der Waals surface area contributed by atoms with Crippen molar-refractivity contribution in [3.8, 4) is 0 Å². The fourth-order valence-electron chi connectivity index (χ4n) is 1.63. The minimum Gasteiger partial charge on any atom is -0.338 e. The first-order valence-corrected chi connectivity index (χ1v) is 5.45. The van der Waals surface area contributed by atoms with Crippen molar-refractivity contribution in [1.29, 1.82) is 0 Å². The van der Waals surface area contributed by atoms with Gasteiger partial charge in [0.25, 0.3) is 0 Å². The second-order valence-corrected chi connectivity index (χ2v) is 3.94. The van der Waals surface area contributed by atoms with Gasteiger partial charge in [-0.1, -0.05) is 11.6 Å². The van der Waals surface area contributed by atoms with Crippen LogP contribution >= 0.6 is 11.6 Å². The lowest BCUT2D eigenvalue weighted by Crippen LogP contribution is -1.90. The van der Waals surface area contributed by atoms with Crippen LogP contribution in [0.4, 0.5) is 0 Å². The zero-order valence-corrected chi connectivity index (χ0v) is 9.52. The maximum absolute atomic E-state index is 5.94. The lowest BCUT2D eigenvalue weighted by molar-refractivity contribution is 1.03. The van der Waals surface area contributed by atoms with Gasteiger partial charge in [-0.2, -0.15) is 0 Å². The minimum atomic E-state index is 0.392. The molecule has 0 aliphatic rings. The molecule has 0 aliphatic carbocycles. The van der Waals surface area contributed by atoms with Gasteiger partial charge in [0.2, 0.25) is 0 Å². The first-order valence-electron chi connectivity index (χ1n) is 5.07. The van der Waals surface area contributed by atoms with E-state index in [-0.39, 0.29) is 0 Å². The van der Waals surface area contributed by atoms with Gasteiger partial charge in [-0.15, -0.1) is 0 Å². The SMILES string of the molecule is Clc1ncnc2nc(Cc3ccncc3)[nH]c12. The summed E-state index contributed by atoms with van der Waals surface area (Å²) in [6, 6.07) is 3.89. The van der Waals surface area contributed by atoms with E-state index in [0.29, 0.717) is 22.7 Å². The molecule has 0 radical (unpaired) electrons. The second kappa shape index (κ2) is 4.10. The van der Waals surface area contributed by atoms with Crippen LogP contribution in [-0.4, -0.2) is 24.9 Å². The van der Waals surface area contributed by atoms with Crippen LogP contribution in [0, 0.1) is 0 Å². The smallest absolute Gasteiger partial charge is 0.182 e. The van der Waals surface area contributed by atoms with Gasteiger partial charge in [0.15, 0.2) is 10.8 Å². The first kappa shape index (κ1) is 10.2. The molecular weight excluding hydrogens is 238 g/mol. The fraction of sp³-hybridized carbons (Fsp3) is 0.0909. The molecule has 3 aromatic heterocycles. The van der Waals surface area contributed by atoms with Gasteiger partial charge < -0.3 is 4.98 Å². The van der Waals surface area contributed by atoms with Gasteiger partial charge in [-0.3, -0.25) is 4.98 Å². The van der Waals surface area contributed by atoms with Crippen LogP contribution in [0.15, 0.2) is 30.9 Å². The molecule has 0 aliphatic heterocycles. The van der Waals surface area contributed by atoms with Crippen LogP contribution < -0.4 is 0 Å². The van der Waals surface area contributed by atoms with E-state index in [0.717, 1.165) is 11.4 Å². The van der Waals surface area contributed by atoms with E-state index in [2.05, 4.69) is 24.9 Å². The summed E-state index contributed by atoms with van der Waals surface area (Å²) in [6.45, 7) is 0. The monoisotopic (exact) mass is 245 g/mol. The molecule has 0 amide bonds. The Labute approximate surface area is 102 Å². The maximum atomic E-state index is 5.94. The summed E-state index contributed by atoms with van der Waals surface area (Å²) >= 11 is 5.94. The predicted octanol–water partition coefficient (Wildman–Crippen LogP) is 1.99. The average Bonchev–Trinajstić information content (AvgIpc) is 2.74. The molecule has 0 fully saturated rings. The average molecular weight is 246 g/mol. The number of imidazole rings is 1. The Kier molecular flexibility index (Phi) is 2.45. The van der Waals surface area contributed by atoms with Gasteiger partial charge in [0, 0.05) is 18.8 Å². The zero-order chi connectivity index (χ0) is 11.7. The summed E-state index contributed by atoms with van der Waals surface area (Å²) in [5.74, 6) is 0.814. The van der Waals surface area contributed by atoms with E-state index in [1.807, 2.05) is 12.1 Å². The summed E-state index contributed by atoms with van der Waals surface area (Å²) in [7, 11) is 0. The summed E-state index contributed by atoms with van der Waals surface area (Å²) in [4.78, 5) is 19.4. The van der Waals surface area contributed by atoms with Crippen LogP contribution in [-0.2, 0) is 6.42 Å². The molecule has 84 valence electrons. The molecule has 0 saturated heterocycles. The van der Waals surface area contributed by atoms with Gasteiger partial charge in [0.05, 0.1) is 0 Å². The number of halogens is 1. The number of hydrogen-bond donors (Lipinski definition) is 1. The molecule has 6 heteroatoms. The molecule has 0 atom stereocenters. The van der Waals surface area contributed by atoms with Crippen molar-refractivity contribution in [2.75, 3.05) is 0 Å². The fourth-order valence-corrected chi connectivity index (χ4v) is 1.80. The largest absolute Gasteiger partial charge is 0.338 e. The number of hydrogen-bond acceptors (Lipinski definition) is 4. The van der Waals surface area contributed by atoms with Crippen molar-refractivity contribution in [3.63, 3.8) is 0 Å². The highest BCUT2D eigenvalue weighted by Crippen LogP contribution is 2.17. The van der Waals surface area contributed by atoms with Gasteiger partial charge >= 0.3 is 0 Å². The number of pyridine rings is 1. The van der Waals surface area contributed by atoms with Crippen LogP contribution in [0.5, 0.6) is 0 Å². The molecular formula is C11H8ClN5. The molecule has 1 N–H and O–H groups in total. The third kappa shape index (κ3) is 1.97. The number of fused-ring (bicyclic) bond motifs is 1. The van der Waals surface area contributed by atoms with E-state index in [1.54, 1.807) is 12.4 Å². The Balaban J connectivity index is 1.99. The Bertz CT molecular complexity index is 649. The number of rotatable bonds is 2. The highest BCUT2D eigenvalue weighted by atomic mass is 35.5. The Morgan fingerprint density at radius 2 is 2.00 bits per heavy atom. The van der Waals surface area contributed by atoms with Crippen molar-refractivity contribution in [2.24, 2.45) is 0 Å². The topological polar surface area (TPSA) is 67.3 Å². The Morgan fingerprint density at radius 1 is 1.18 bits per heavy atom. The van der Waals surface area contributed by atoms with Gasteiger partial charge in [0.1, 0.15) is 17.7 Å². The number of H-pyrrole nitrogens is 1. The quantitative estimate of drug-likeness (QED) is 0.701. The molecule has 0 saturated carbocycles. The minimum absolute atomic E-state index is 0.392. The Morgan fingerprint density at radius 3 is 2.76 bits per heavy atom. The standard InChI is InChI=1S/C11H8ClN5/c12-10-9-11(15-6-14-10)17-8(16-9)5-7-1-3-13-4-2-7/h1-4,6H,5H2,(H,14,15,16,17). The molecule has 3 rings (SSSR count). The Hall–Kier alpha value is -2.01. The van der Waals surface area contributed by atoms with Crippen molar-refractivity contribution < 1.29 is 0 Å². The number of aromatic amines is 1. The summed E-state index contributed by atoms with van der Waals surface area (Å²) in [5, 5.41) is 0.392. The van der Waals surface area contributed by atoms with Gasteiger partial charge in [-0.25, -0.2) is 15.0 Å². The van der Waals surface area contributed by atoms with Crippen molar-refractivity contribution in [1.82, 2.24) is 24.9 Å². The molecule has 0 aromatic carbocycles. The van der Waals surface area contributed by atoms with E-state index < -0.39 is 0 Å². The normalized spacial score (nSPS) is 10.9.